The molecule has 3 heteroatoms. The van der Waals surface area contributed by atoms with Gasteiger partial charge in [0.2, 0.25) is 0 Å². The van der Waals surface area contributed by atoms with Gasteiger partial charge < -0.3 is 10.1 Å². The number of unbranched alkanes of at least 4 members (excludes halogenated alkanes) is 2. The fourth-order valence-electron chi connectivity index (χ4n) is 2.30. The molecule has 0 bridgehead atoms. The van der Waals surface area contributed by atoms with Gasteiger partial charge in [-0.1, -0.05) is 32.8 Å². The molecule has 1 rings (SSSR count). The van der Waals surface area contributed by atoms with Crippen LogP contribution in [0.15, 0.2) is 18.2 Å². The van der Waals surface area contributed by atoms with Crippen LogP contribution in [-0.4, -0.2) is 19.4 Å². The van der Waals surface area contributed by atoms with Crippen LogP contribution in [-0.2, 0) is 5.75 Å². The predicted molar refractivity (Wildman–Crippen MR) is 95.4 cm³/mol. The smallest absolute Gasteiger partial charge is 0.122 e. The zero-order valence-electron chi connectivity index (χ0n) is 14.1. The van der Waals surface area contributed by atoms with Crippen LogP contribution in [0.25, 0.3) is 0 Å². The highest BCUT2D eigenvalue weighted by molar-refractivity contribution is 7.98. The van der Waals surface area contributed by atoms with Gasteiger partial charge in [0, 0.05) is 17.4 Å². The third kappa shape index (κ3) is 6.75. The summed E-state index contributed by atoms with van der Waals surface area (Å²) in [5.41, 5.74) is 2.68. The van der Waals surface area contributed by atoms with Crippen LogP contribution in [0.1, 0.15) is 63.6 Å². The highest BCUT2D eigenvalue weighted by atomic mass is 32.2. The number of rotatable bonds is 11. The third-order valence-electron chi connectivity index (χ3n) is 3.65. The van der Waals surface area contributed by atoms with Gasteiger partial charge in [-0.05, 0) is 49.8 Å². The molecule has 0 fully saturated rings. The zero-order valence-corrected chi connectivity index (χ0v) is 14.9. The van der Waals surface area contributed by atoms with Crippen molar-refractivity contribution >= 4 is 11.8 Å². The number of methoxy groups -OCH3 is 1. The van der Waals surface area contributed by atoms with Crippen molar-refractivity contribution in [3.8, 4) is 5.75 Å². The Hall–Kier alpha value is -0.670. The van der Waals surface area contributed by atoms with Crippen LogP contribution in [0, 0.1) is 0 Å². The second-order valence-corrected chi connectivity index (χ2v) is 6.61. The Morgan fingerprint density at radius 2 is 2.00 bits per heavy atom. The van der Waals surface area contributed by atoms with Gasteiger partial charge in [0.15, 0.2) is 0 Å². The molecule has 1 aromatic carbocycles. The summed E-state index contributed by atoms with van der Waals surface area (Å²) in [5, 5.41) is 3.55. The summed E-state index contributed by atoms with van der Waals surface area (Å²) in [6.45, 7) is 7.75. The molecule has 0 aromatic heterocycles. The highest BCUT2D eigenvalue weighted by Crippen LogP contribution is 2.27. The monoisotopic (exact) mass is 309 g/mol. The van der Waals surface area contributed by atoms with Crippen molar-refractivity contribution in [1.82, 2.24) is 5.32 Å². The average Bonchev–Trinajstić information content (AvgIpc) is 2.52. The van der Waals surface area contributed by atoms with Gasteiger partial charge in [-0.2, -0.15) is 11.8 Å². The number of benzene rings is 1. The molecule has 0 saturated heterocycles. The van der Waals surface area contributed by atoms with Gasteiger partial charge in [-0.3, -0.25) is 0 Å². The molecule has 0 amide bonds. The Morgan fingerprint density at radius 3 is 2.67 bits per heavy atom. The second-order valence-electron chi connectivity index (χ2n) is 5.51. The highest BCUT2D eigenvalue weighted by Gasteiger charge is 2.09. The molecule has 1 atom stereocenters. The molecule has 0 spiro atoms. The van der Waals surface area contributed by atoms with Crippen molar-refractivity contribution in [3.63, 3.8) is 0 Å². The van der Waals surface area contributed by atoms with E-state index in [2.05, 4.69) is 44.3 Å². The van der Waals surface area contributed by atoms with Gasteiger partial charge >= 0.3 is 0 Å². The van der Waals surface area contributed by atoms with E-state index in [0.717, 1.165) is 18.0 Å². The fraction of sp³-hybridized carbons (Fsp3) is 0.667. The maximum atomic E-state index is 5.51. The van der Waals surface area contributed by atoms with Crippen molar-refractivity contribution in [3.05, 3.63) is 29.3 Å². The van der Waals surface area contributed by atoms with Crippen LogP contribution in [0.4, 0.5) is 0 Å². The molecule has 0 heterocycles. The molecule has 120 valence electrons. The first kappa shape index (κ1) is 18.4. The van der Waals surface area contributed by atoms with Gasteiger partial charge in [0.25, 0.3) is 0 Å². The summed E-state index contributed by atoms with van der Waals surface area (Å²) in [5.74, 6) is 3.30. The average molecular weight is 310 g/mol. The van der Waals surface area contributed by atoms with Crippen molar-refractivity contribution in [2.45, 2.75) is 58.2 Å². The van der Waals surface area contributed by atoms with Gasteiger partial charge in [-0.25, -0.2) is 0 Å². The lowest BCUT2D eigenvalue weighted by molar-refractivity contribution is 0.411. The number of thioether (sulfide) groups is 1. The lowest BCUT2D eigenvalue weighted by Crippen LogP contribution is -2.19. The maximum absolute atomic E-state index is 5.51. The summed E-state index contributed by atoms with van der Waals surface area (Å²) in [6, 6.07) is 7.00. The standard InChI is InChI=1S/C18H31NOS/c1-5-7-8-12-21-14-17-13-16(9-10-18(17)20-4)15(3)19-11-6-2/h9-10,13,15,19H,5-8,11-12,14H2,1-4H3. The van der Waals surface area contributed by atoms with Crippen molar-refractivity contribution in [2.75, 3.05) is 19.4 Å². The second kappa shape index (κ2) is 11.0. The molecule has 1 aromatic rings. The third-order valence-corrected chi connectivity index (χ3v) is 4.75. The SMILES string of the molecule is CCCCCSCc1cc(C(C)NCCC)ccc1OC. The minimum Gasteiger partial charge on any atom is -0.496 e. The topological polar surface area (TPSA) is 21.3 Å². The Kier molecular flexibility index (Phi) is 9.60. The lowest BCUT2D eigenvalue weighted by Gasteiger charge is -2.16. The minimum absolute atomic E-state index is 0.402. The maximum Gasteiger partial charge on any atom is 0.122 e. The molecule has 1 unspecified atom stereocenters. The summed E-state index contributed by atoms with van der Waals surface area (Å²) < 4.78 is 5.51. The van der Waals surface area contributed by atoms with E-state index >= 15 is 0 Å². The summed E-state index contributed by atoms with van der Waals surface area (Å²) in [4.78, 5) is 0. The molecule has 1 N–H and O–H groups in total. The molecule has 21 heavy (non-hydrogen) atoms. The summed E-state index contributed by atoms with van der Waals surface area (Å²) in [7, 11) is 1.76. The van der Waals surface area contributed by atoms with Gasteiger partial charge in [0.05, 0.1) is 7.11 Å². The largest absolute Gasteiger partial charge is 0.496 e. The Morgan fingerprint density at radius 1 is 1.19 bits per heavy atom. The van der Waals surface area contributed by atoms with Gasteiger partial charge in [0.1, 0.15) is 5.75 Å². The Labute approximate surface area is 135 Å². The van der Waals surface area contributed by atoms with E-state index in [9.17, 15) is 0 Å². The van der Waals surface area contributed by atoms with Gasteiger partial charge in [-0.15, -0.1) is 0 Å². The zero-order chi connectivity index (χ0) is 15.5. The van der Waals surface area contributed by atoms with Crippen LogP contribution < -0.4 is 10.1 Å². The Balaban J connectivity index is 2.62. The van der Waals surface area contributed by atoms with Crippen molar-refractivity contribution in [2.24, 2.45) is 0 Å². The number of hydrogen-bond acceptors (Lipinski definition) is 3. The van der Waals surface area contributed by atoms with E-state index in [-0.39, 0.29) is 0 Å². The molecule has 0 aliphatic rings. The minimum atomic E-state index is 0.402. The van der Waals surface area contributed by atoms with E-state index in [0.29, 0.717) is 6.04 Å². The number of ether oxygens (including phenoxy) is 1. The molecule has 0 radical (unpaired) electrons. The van der Waals surface area contributed by atoms with E-state index in [4.69, 9.17) is 4.74 Å². The molecule has 2 nitrogen and oxygen atoms in total. The first-order valence-corrected chi connectivity index (χ1v) is 9.36. The summed E-state index contributed by atoms with van der Waals surface area (Å²) >= 11 is 2.01. The van der Waals surface area contributed by atoms with E-state index in [1.807, 2.05) is 11.8 Å². The fourth-order valence-corrected chi connectivity index (χ4v) is 3.29. The van der Waals surface area contributed by atoms with Crippen molar-refractivity contribution in [1.29, 1.82) is 0 Å². The normalized spacial score (nSPS) is 12.4. The van der Waals surface area contributed by atoms with E-state index in [1.165, 1.54) is 42.6 Å². The molecular weight excluding hydrogens is 278 g/mol. The lowest BCUT2D eigenvalue weighted by atomic mass is 10.0. The van der Waals surface area contributed by atoms with Crippen LogP contribution in [0.3, 0.4) is 0 Å². The van der Waals surface area contributed by atoms with Crippen LogP contribution in [0.2, 0.25) is 0 Å². The number of hydrogen-bond donors (Lipinski definition) is 1. The molecule has 0 saturated carbocycles. The van der Waals surface area contributed by atoms with E-state index < -0.39 is 0 Å². The molecular formula is C18H31NOS. The quantitative estimate of drug-likeness (QED) is 0.569. The number of nitrogens with one attached hydrogen (secondary N) is 1. The van der Waals surface area contributed by atoms with E-state index in [1.54, 1.807) is 7.11 Å². The first-order valence-electron chi connectivity index (χ1n) is 8.20. The van der Waals surface area contributed by atoms with Crippen molar-refractivity contribution < 1.29 is 4.74 Å². The van der Waals surface area contributed by atoms with Crippen LogP contribution >= 0.6 is 11.8 Å². The van der Waals surface area contributed by atoms with Crippen LogP contribution in [0.5, 0.6) is 5.75 Å². The molecule has 0 aliphatic carbocycles. The summed E-state index contributed by atoms with van der Waals surface area (Å²) in [6.07, 6.45) is 5.11. The predicted octanol–water partition coefficient (Wildman–Crippen LogP) is 5.18. The Bertz CT molecular complexity index is 395. The molecule has 0 aliphatic heterocycles. The first-order chi connectivity index (χ1) is 10.2.